The van der Waals surface area contributed by atoms with Crippen molar-refractivity contribution in [3.63, 3.8) is 0 Å². The summed E-state index contributed by atoms with van der Waals surface area (Å²) < 4.78 is 11.1. The van der Waals surface area contributed by atoms with Crippen LogP contribution in [0.1, 0.15) is 24.0 Å². The van der Waals surface area contributed by atoms with Crippen LogP contribution in [0.5, 0.6) is 5.75 Å². The van der Waals surface area contributed by atoms with E-state index < -0.39 is 5.97 Å². The van der Waals surface area contributed by atoms with E-state index in [1.54, 1.807) is 19.3 Å². The Morgan fingerprint density at radius 1 is 1.15 bits per heavy atom. The second-order valence-corrected chi connectivity index (χ2v) is 6.01. The van der Waals surface area contributed by atoms with Crippen LogP contribution in [0.3, 0.4) is 0 Å². The summed E-state index contributed by atoms with van der Waals surface area (Å²) in [6.07, 6.45) is 3.41. The third kappa shape index (κ3) is 2.58. The summed E-state index contributed by atoms with van der Waals surface area (Å²) in [4.78, 5) is 16.8. The number of fused-ring (bicyclic) bond motifs is 3. The molecule has 1 aliphatic heterocycles. The summed E-state index contributed by atoms with van der Waals surface area (Å²) in [6, 6.07) is 15.7. The standard InChI is InChI=1S/C21H18N2O3/c1-2-25-21(24)19-17(14-9-11-23-12-10-14)18-15-6-4-3-5-13(15)7-8-16(18)26-20(19)22/h3-12,17H,2,22H2,1H3/t17-/m1/s1. The van der Waals surface area contributed by atoms with E-state index in [0.717, 1.165) is 21.9 Å². The van der Waals surface area contributed by atoms with Crippen LogP contribution < -0.4 is 10.5 Å². The number of hydrogen-bond acceptors (Lipinski definition) is 5. The highest BCUT2D eigenvalue weighted by Crippen LogP contribution is 2.45. The molecule has 0 saturated heterocycles. The fourth-order valence-electron chi connectivity index (χ4n) is 3.44. The van der Waals surface area contributed by atoms with Crippen molar-refractivity contribution in [1.29, 1.82) is 0 Å². The van der Waals surface area contributed by atoms with Gasteiger partial charge in [-0.3, -0.25) is 4.98 Å². The quantitative estimate of drug-likeness (QED) is 0.735. The zero-order valence-electron chi connectivity index (χ0n) is 14.3. The molecule has 2 aromatic carbocycles. The maximum absolute atomic E-state index is 12.7. The zero-order chi connectivity index (χ0) is 18.1. The summed E-state index contributed by atoms with van der Waals surface area (Å²) in [5.41, 5.74) is 8.28. The van der Waals surface area contributed by atoms with Crippen molar-refractivity contribution in [1.82, 2.24) is 4.98 Å². The number of aromatic nitrogens is 1. The number of carbonyl (C=O) groups is 1. The van der Waals surface area contributed by atoms with Gasteiger partial charge in [-0.2, -0.15) is 0 Å². The molecular weight excluding hydrogens is 328 g/mol. The van der Waals surface area contributed by atoms with Gasteiger partial charge in [-0.05, 0) is 41.5 Å². The number of nitrogens with two attached hydrogens (primary N) is 1. The van der Waals surface area contributed by atoms with Crippen molar-refractivity contribution >= 4 is 16.7 Å². The van der Waals surface area contributed by atoms with Crippen molar-refractivity contribution in [2.75, 3.05) is 6.61 Å². The first kappa shape index (κ1) is 16.1. The molecule has 3 aromatic rings. The fourth-order valence-corrected chi connectivity index (χ4v) is 3.44. The minimum Gasteiger partial charge on any atom is -0.462 e. The maximum atomic E-state index is 12.7. The number of pyridine rings is 1. The Hall–Kier alpha value is -3.34. The number of nitrogens with zero attached hydrogens (tertiary/aromatic N) is 1. The zero-order valence-corrected chi connectivity index (χ0v) is 14.3. The maximum Gasteiger partial charge on any atom is 0.340 e. The number of carbonyl (C=O) groups excluding carboxylic acids is 1. The van der Waals surface area contributed by atoms with Gasteiger partial charge < -0.3 is 15.2 Å². The van der Waals surface area contributed by atoms with E-state index >= 15 is 0 Å². The third-order valence-corrected chi connectivity index (χ3v) is 4.53. The van der Waals surface area contributed by atoms with Crippen LogP contribution in [0.15, 0.2) is 72.4 Å². The summed E-state index contributed by atoms with van der Waals surface area (Å²) >= 11 is 0. The van der Waals surface area contributed by atoms with E-state index in [2.05, 4.69) is 4.98 Å². The summed E-state index contributed by atoms with van der Waals surface area (Å²) in [6.45, 7) is 2.03. The highest BCUT2D eigenvalue weighted by atomic mass is 16.5. The Balaban J connectivity index is 2.01. The molecule has 130 valence electrons. The molecule has 0 amide bonds. The first-order chi connectivity index (χ1) is 12.7. The van der Waals surface area contributed by atoms with E-state index in [0.29, 0.717) is 11.3 Å². The topological polar surface area (TPSA) is 74.4 Å². The molecule has 0 unspecified atom stereocenters. The molecule has 26 heavy (non-hydrogen) atoms. The molecular formula is C21H18N2O3. The smallest absolute Gasteiger partial charge is 0.340 e. The Kier molecular flexibility index (Phi) is 4.05. The van der Waals surface area contributed by atoms with E-state index in [4.69, 9.17) is 15.2 Å². The van der Waals surface area contributed by atoms with Crippen LogP contribution in [0.4, 0.5) is 0 Å². The van der Waals surface area contributed by atoms with Gasteiger partial charge in [-0.1, -0.05) is 30.3 Å². The lowest BCUT2D eigenvalue weighted by atomic mass is 9.81. The lowest BCUT2D eigenvalue weighted by Gasteiger charge is -2.29. The Labute approximate surface area is 151 Å². The van der Waals surface area contributed by atoms with Crippen LogP contribution in [-0.2, 0) is 9.53 Å². The average molecular weight is 346 g/mol. The predicted molar refractivity (Wildman–Crippen MR) is 98.5 cm³/mol. The molecule has 0 fully saturated rings. The largest absolute Gasteiger partial charge is 0.462 e. The van der Waals surface area contributed by atoms with Crippen molar-refractivity contribution in [3.8, 4) is 5.75 Å². The fraction of sp³-hybridized carbons (Fsp3) is 0.143. The van der Waals surface area contributed by atoms with E-state index in [9.17, 15) is 4.79 Å². The molecule has 5 heteroatoms. The first-order valence-electron chi connectivity index (χ1n) is 8.47. The molecule has 1 aromatic heterocycles. The third-order valence-electron chi connectivity index (χ3n) is 4.53. The van der Waals surface area contributed by atoms with Gasteiger partial charge in [0.2, 0.25) is 5.88 Å². The monoisotopic (exact) mass is 346 g/mol. The highest BCUT2D eigenvalue weighted by molar-refractivity contribution is 5.97. The van der Waals surface area contributed by atoms with Crippen LogP contribution in [-0.4, -0.2) is 17.6 Å². The lowest BCUT2D eigenvalue weighted by Crippen LogP contribution is -2.27. The summed E-state index contributed by atoms with van der Waals surface area (Å²) in [7, 11) is 0. The van der Waals surface area contributed by atoms with Gasteiger partial charge in [-0.15, -0.1) is 0 Å². The van der Waals surface area contributed by atoms with Crippen molar-refractivity contribution < 1.29 is 14.3 Å². The number of esters is 1. The van der Waals surface area contributed by atoms with Gasteiger partial charge in [0.1, 0.15) is 11.3 Å². The van der Waals surface area contributed by atoms with E-state index in [1.807, 2.05) is 48.5 Å². The number of hydrogen-bond donors (Lipinski definition) is 1. The van der Waals surface area contributed by atoms with Crippen molar-refractivity contribution in [2.24, 2.45) is 5.73 Å². The second-order valence-electron chi connectivity index (χ2n) is 6.01. The highest BCUT2D eigenvalue weighted by Gasteiger charge is 2.36. The minimum absolute atomic E-state index is 0.0769. The van der Waals surface area contributed by atoms with Gasteiger partial charge in [0.25, 0.3) is 0 Å². The Morgan fingerprint density at radius 3 is 2.69 bits per heavy atom. The lowest BCUT2D eigenvalue weighted by molar-refractivity contribution is -0.139. The molecule has 0 bridgehead atoms. The van der Waals surface area contributed by atoms with Crippen LogP contribution in [0.2, 0.25) is 0 Å². The number of rotatable bonds is 3. The summed E-state index contributed by atoms with van der Waals surface area (Å²) in [5, 5.41) is 2.08. The first-order valence-corrected chi connectivity index (χ1v) is 8.47. The molecule has 1 aliphatic rings. The van der Waals surface area contributed by atoms with Crippen LogP contribution >= 0.6 is 0 Å². The molecule has 0 aliphatic carbocycles. The van der Waals surface area contributed by atoms with Gasteiger partial charge >= 0.3 is 5.97 Å². The Bertz CT molecular complexity index is 1010. The number of ether oxygens (including phenoxy) is 2. The van der Waals surface area contributed by atoms with E-state index in [-0.39, 0.29) is 18.4 Å². The Morgan fingerprint density at radius 2 is 1.92 bits per heavy atom. The average Bonchev–Trinajstić information content (AvgIpc) is 2.67. The van der Waals surface area contributed by atoms with Crippen LogP contribution in [0, 0.1) is 0 Å². The van der Waals surface area contributed by atoms with Gasteiger partial charge in [0.15, 0.2) is 0 Å². The molecule has 0 spiro atoms. The normalized spacial score (nSPS) is 16.1. The van der Waals surface area contributed by atoms with Crippen molar-refractivity contribution in [3.05, 3.63) is 83.5 Å². The molecule has 0 saturated carbocycles. The molecule has 2 heterocycles. The van der Waals surface area contributed by atoms with Crippen molar-refractivity contribution in [2.45, 2.75) is 12.8 Å². The minimum atomic E-state index is -0.467. The number of benzene rings is 2. The molecule has 0 radical (unpaired) electrons. The van der Waals surface area contributed by atoms with Gasteiger partial charge in [0, 0.05) is 18.0 Å². The summed E-state index contributed by atoms with van der Waals surface area (Å²) in [5.74, 6) is -0.124. The SMILES string of the molecule is CCOC(=O)C1=C(N)Oc2ccc3ccccc3c2[C@H]1c1ccncc1. The van der Waals surface area contributed by atoms with Crippen LogP contribution in [0.25, 0.3) is 10.8 Å². The van der Waals surface area contributed by atoms with Gasteiger partial charge in [-0.25, -0.2) is 4.79 Å². The second kappa shape index (κ2) is 6.52. The molecule has 1 atom stereocenters. The molecule has 5 nitrogen and oxygen atoms in total. The van der Waals surface area contributed by atoms with E-state index in [1.165, 1.54) is 0 Å². The van der Waals surface area contributed by atoms with Gasteiger partial charge in [0.05, 0.1) is 12.5 Å². The molecule has 2 N–H and O–H groups in total. The predicted octanol–water partition coefficient (Wildman–Crippen LogP) is 3.49. The molecule has 4 rings (SSSR count).